The number of hydrogen-bond acceptors (Lipinski definition) is 3. The van der Waals surface area contributed by atoms with Crippen LogP contribution in [0.25, 0.3) is 10.9 Å². The van der Waals surface area contributed by atoms with E-state index in [0.29, 0.717) is 5.02 Å². The van der Waals surface area contributed by atoms with Crippen LogP contribution in [0.4, 0.5) is 5.69 Å². The number of rotatable bonds is 4. The lowest BCUT2D eigenvalue weighted by Crippen LogP contribution is -2.16. The fraction of sp³-hybridized carbons (Fsp3) is 0.308. The van der Waals surface area contributed by atoms with Gasteiger partial charge in [-0.25, -0.2) is 0 Å². The Kier molecular flexibility index (Phi) is 3.82. The van der Waals surface area contributed by atoms with Crippen molar-refractivity contribution < 1.29 is 5.11 Å². The lowest BCUT2D eigenvalue weighted by Gasteiger charge is -2.15. The molecule has 3 nitrogen and oxygen atoms in total. The molecule has 0 spiro atoms. The monoisotopic (exact) mass is 250 g/mol. The summed E-state index contributed by atoms with van der Waals surface area (Å²) in [4.78, 5) is 4.28. The maximum Gasteiger partial charge on any atom is 0.0737 e. The van der Waals surface area contributed by atoms with Crippen molar-refractivity contribution in [2.24, 2.45) is 0 Å². The Morgan fingerprint density at radius 2 is 2.24 bits per heavy atom. The van der Waals surface area contributed by atoms with Gasteiger partial charge >= 0.3 is 0 Å². The Morgan fingerprint density at radius 1 is 1.41 bits per heavy atom. The van der Waals surface area contributed by atoms with Gasteiger partial charge < -0.3 is 10.4 Å². The zero-order valence-electron chi connectivity index (χ0n) is 9.65. The summed E-state index contributed by atoms with van der Waals surface area (Å²) in [5.41, 5.74) is 1.89. The molecule has 0 fully saturated rings. The summed E-state index contributed by atoms with van der Waals surface area (Å²) >= 11 is 5.93. The van der Waals surface area contributed by atoms with Gasteiger partial charge in [0, 0.05) is 34.9 Å². The Hall–Kier alpha value is -1.32. The van der Waals surface area contributed by atoms with Gasteiger partial charge in [-0.1, -0.05) is 11.6 Å². The van der Waals surface area contributed by atoms with E-state index in [1.807, 2.05) is 31.2 Å². The lowest BCUT2D eigenvalue weighted by atomic mass is 10.1. The fourth-order valence-corrected chi connectivity index (χ4v) is 1.94. The number of fused-ring (bicyclic) bond motifs is 1. The van der Waals surface area contributed by atoms with Crippen LogP contribution in [0.3, 0.4) is 0 Å². The highest BCUT2D eigenvalue weighted by Crippen LogP contribution is 2.25. The number of aliphatic hydroxyl groups is 1. The van der Waals surface area contributed by atoms with Gasteiger partial charge in [-0.2, -0.15) is 0 Å². The maximum absolute atomic E-state index is 8.89. The number of aromatic nitrogens is 1. The third kappa shape index (κ3) is 2.87. The highest BCUT2D eigenvalue weighted by molar-refractivity contribution is 6.31. The van der Waals surface area contributed by atoms with Gasteiger partial charge in [0.1, 0.15) is 0 Å². The van der Waals surface area contributed by atoms with E-state index < -0.39 is 0 Å². The lowest BCUT2D eigenvalue weighted by molar-refractivity contribution is 0.282. The van der Waals surface area contributed by atoms with Crippen molar-refractivity contribution in [1.82, 2.24) is 4.98 Å². The van der Waals surface area contributed by atoms with Crippen molar-refractivity contribution in [2.75, 3.05) is 11.9 Å². The van der Waals surface area contributed by atoms with Crippen LogP contribution >= 0.6 is 11.6 Å². The second-order valence-corrected chi connectivity index (χ2v) is 4.51. The SMILES string of the molecule is C[C@@H](CCO)Nc1ccnc2cc(Cl)ccc12. The molecule has 17 heavy (non-hydrogen) atoms. The van der Waals surface area contributed by atoms with Crippen LogP contribution in [0.5, 0.6) is 0 Å². The summed E-state index contributed by atoms with van der Waals surface area (Å²) in [5, 5.41) is 14.0. The zero-order chi connectivity index (χ0) is 12.3. The maximum atomic E-state index is 8.89. The molecule has 1 aromatic heterocycles. The molecule has 90 valence electrons. The van der Waals surface area contributed by atoms with Crippen LogP contribution < -0.4 is 5.32 Å². The first-order valence-corrected chi connectivity index (χ1v) is 6.00. The number of aliphatic hydroxyl groups excluding tert-OH is 1. The Morgan fingerprint density at radius 3 is 3.00 bits per heavy atom. The van der Waals surface area contributed by atoms with Crippen molar-refractivity contribution >= 4 is 28.2 Å². The average molecular weight is 251 g/mol. The third-order valence-corrected chi connectivity index (χ3v) is 2.90. The summed E-state index contributed by atoms with van der Waals surface area (Å²) < 4.78 is 0. The fourth-order valence-electron chi connectivity index (χ4n) is 1.78. The molecule has 2 aromatic rings. The number of anilines is 1. The molecule has 0 bridgehead atoms. The largest absolute Gasteiger partial charge is 0.396 e. The number of pyridine rings is 1. The van der Waals surface area contributed by atoms with E-state index >= 15 is 0 Å². The quantitative estimate of drug-likeness (QED) is 0.877. The molecule has 1 heterocycles. The molecule has 1 aromatic carbocycles. The van der Waals surface area contributed by atoms with E-state index in [1.54, 1.807) is 6.20 Å². The van der Waals surface area contributed by atoms with Gasteiger partial charge in [0.25, 0.3) is 0 Å². The number of benzene rings is 1. The van der Waals surface area contributed by atoms with E-state index in [0.717, 1.165) is 23.0 Å². The number of halogens is 1. The molecule has 0 amide bonds. The summed E-state index contributed by atoms with van der Waals surface area (Å²) in [7, 11) is 0. The van der Waals surface area contributed by atoms with Gasteiger partial charge in [0.15, 0.2) is 0 Å². The van der Waals surface area contributed by atoms with Gasteiger partial charge in [0.05, 0.1) is 5.52 Å². The van der Waals surface area contributed by atoms with Gasteiger partial charge in [0.2, 0.25) is 0 Å². The van der Waals surface area contributed by atoms with Gasteiger partial charge in [-0.05, 0) is 37.6 Å². The highest BCUT2D eigenvalue weighted by atomic mass is 35.5. The second kappa shape index (κ2) is 5.34. The molecule has 0 saturated carbocycles. The summed E-state index contributed by atoms with van der Waals surface area (Å²) in [6, 6.07) is 7.82. The smallest absolute Gasteiger partial charge is 0.0737 e. The minimum Gasteiger partial charge on any atom is -0.396 e. The number of nitrogens with zero attached hydrogens (tertiary/aromatic N) is 1. The molecule has 0 saturated heterocycles. The Bertz CT molecular complexity index is 516. The van der Waals surface area contributed by atoms with Crippen molar-refractivity contribution in [2.45, 2.75) is 19.4 Å². The van der Waals surface area contributed by atoms with Gasteiger partial charge in [-0.15, -0.1) is 0 Å². The molecule has 0 unspecified atom stereocenters. The first kappa shape index (κ1) is 12.1. The second-order valence-electron chi connectivity index (χ2n) is 4.08. The molecular formula is C13H15ClN2O. The number of nitrogens with one attached hydrogen (secondary N) is 1. The van der Waals surface area contributed by atoms with Crippen LogP contribution in [0.2, 0.25) is 5.02 Å². The molecule has 0 radical (unpaired) electrons. The summed E-state index contributed by atoms with van der Waals surface area (Å²) in [5.74, 6) is 0. The summed E-state index contributed by atoms with van der Waals surface area (Å²) in [6.45, 7) is 2.22. The Labute approximate surface area is 105 Å². The van der Waals surface area contributed by atoms with Crippen molar-refractivity contribution in [3.05, 3.63) is 35.5 Å². The molecule has 4 heteroatoms. The van der Waals surface area contributed by atoms with Gasteiger partial charge in [-0.3, -0.25) is 4.98 Å². The van der Waals surface area contributed by atoms with E-state index in [-0.39, 0.29) is 12.6 Å². The molecule has 1 atom stereocenters. The molecule has 0 aliphatic carbocycles. The third-order valence-electron chi connectivity index (χ3n) is 2.67. The average Bonchev–Trinajstić information content (AvgIpc) is 2.29. The molecule has 2 rings (SSSR count). The predicted octanol–water partition coefficient (Wildman–Crippen LogP) is 3.07. The molecule has 0 aliphatic rings. The molecular weight excluding hydrogens is 236 g/mol. The topological polar surface area (TPSA) is 45.1 Å². The first-order chi connectivity index (χ1) is 8.20. The van der Waals surface area contributed by atoms with E-state index in [9.17, 15) is 0 Å². The highest BCUT2D eigenvalue weighted by Gasteiger charge is 2.05. The van der Waals surface area contributed by atoms with E-state index in [1.165, 1.54) is 0 Å². The van der Waals surface area contributed by atoms with Crippen molar-refractivity contribution in [3.63, 3.8) is 0 Å². The van der Waals surface area contributed by atoms with Crippen LogP contribution in [0.15, 0.2) is 30.5 Å². The Balaban J connectivity index is 2.34. The zero-order valence-corrected chi connectivity index (χ0v) is 10.4. The minimum atomic E-state index is 0.184. The first-order valence-electron chi connectivity index (χ1n) is 5.62. The summed E-state index contributed by atoms with van der Waals surface area (Å²) in [6.07, 6.45) is 2.48. The van der Waals surface area contributed by atoms with Crippen molar-refractivity contribution in [3.8, 4) is 0 Å². The normalized spacial score (nSPS) is 12.6. The van der Waals surface area contributed by atoms with Crippen LogP contribution in [0.1, 0.15) is 13.3 Å². The molecule has 0 aliphatic heterocycles. The van der Waals surface area contributed by atoms with E-state index in [4.69, 9.17) is 16.7 Å². The predicted molar refractivity (Wildman–Crippen MR) is 71.5 cm³/mol. The van der Waals surface area contributed by atoms with Crippen LogP contribution in [0, 0.1) is 0 Å². The van der Waals surface area contributed by atoms with Crippen molar-refractivity contribution in [1.29, 1.82) is 0 Å². The molecule has 2 N–H and O–H groups in total. The minimum absolute atomic E-state index is 0.184. The number of hydrogen-bond donors (Lipinski definition) is 2. The standard InChI is InChI=1S/C13H15ClN2O/c1-9(5-7-17)16-12-4-6-15-13-8-10(14)2-3-11(12)13/h2-4,6,8-9,17H,5,7H2,1H3,(H,15,16)/t9-/m0/s1. The van der Waals surface area contributed by atoms with E-state index in [2.05, 4.69) is 10.3 Å². The van der Waals surface area contributed by atoms with Crippen LogP contribution in [-0.4, -0.2) is 22.7 Å². The van der Waals surface area contributed by atoms with Crippen LogP contribution in [-0.2, 0) is 0 Å².